The van der Waals surface area contributed by atoms with E-state index < -0.39 is 50.9 Å². The molecule has 0 aromatic carbocycles. The van der Waals surface area contributed by atoms with Gasteiger partial charge >= 0.3 is 81.0 Å². The number of allylic oxidation sites excluding steroid dienone is 1. The van der Waals surface area contributed by atoms with E-state index in [9.17, 15) is 56.9 Å². The molecule has 15 heteroatoms. The first-order chi connectivity index (χ1) is 9.81. The van der Waals surface area contributed by atoms with Gasteiger partial charge in [-0.3, -0.25) is 0 Å². The van der Waals surface area contributed by atoms with Crippen LogP contribution in [0.1, 0.15) is 6.42 Å². The van der Waals surface area contributed by atoms with Crippen LogP contribution in [-0.2, 0) is 10.1 Å². The third-order valence-corrected chi connectivity index (χ3v) is 4.98. The Labute approximate surface area is 170 Å². The van der Waals surface area contributed by atoms with Crippen molar-refractivity contribution in [3.63, 3.8) is 0 Å². The molecular formula is C9H5F10KO3S. The Kier molecular flexibility index (Phi) is 6.20. The molecule has 24 heavy (non-hydrogen) atoms. The summed E-state index contributed by atoms with van der Waals surface area (Å²) in [4.78, 5) is 0. The van der Waals surface area contributed by atoms with Crippen LogP contribution in [0.25, 0.3) is 0 Å². The molecule has 1 rings (SSSR count). The molecule has 0 saturated heterocycles. The standard InChI is InChI=1S/C9H6F10O3S.K/c1-2-3-4(23(20,21)22)5(10,11)7(14,15)9(18,19)8(16,17)6(4,12)13;/h2H,1,3H2,(H,20,21,22);/q;+1/p-1. The van der Waals surface area contributed by atoms with Crippen molar-refractivity contribution in [2.24, 2.45) is 0 Å². The van der Waals surface area contributed by atoms with Crippen molar-refractivity contribution in [2.45, 2.75) is 40.8 Å². The van der Waals surface area contributed by atoms with Gasteiger partial charge in [0.2, 0.25) is 4.75 Å². The Bertz CT molecular complexity index is 599. The molecule has 3 nitrogen and oxygen atoms in total. The van der Waals surface area contributed by atoms with E-state index in [0.717, 1.165) is 0 Å². The Morgan fingerprint density at radius 1 is 0.750 bits per heavy atom. The smallest absolute Gasteiger partial charge is 0.747 e. The van der Waals surface area contributed by atoms with Crippen molar-refractivity contribution in [1.82, 2.24) is 0 Å². The van der Waals surface area contributed by atoms with E-state index >= 15 is 0 Å². The Morgan fingerprint density at radius 3 is 1.21 bits per heavy atom. The number of halogens is 10. The van der Waals surface area contributed by atoms with Crippen molar-refractivity contribution < 1.29 is 108 Å². The molecule has 1 saturated carbocycles. The Balaban J connectivity index is 0.00000529. The zero-order chi connectivity index (χ0) is 18.9. The fraction of sp³-hybridized carbons (Fsp3) is 0.778. The van der Waals surface area contributed by atoms with Crippen LogP contribution in [0.4, 0.5) is 43.9 Å². The fourth-order valence-corrected chi connectivity index (χ4v) is 3.38. The topological polar surface area (TPSA) is 57.2 Å². The van der Waals surface area contributed by atoms with Crippen LogP contribution in [0.2, 0.25) is 0 Å². The maximum Gasteiger partial charge on any atom is 1.00 e. The predicted molar refractivity (Wildman–Crippen MR) is 52.0 cm³/mol. The van der Waals surface area contributed by atoms with Crippen molar-refractivity contribution >= 4 is 10.1 Å². The van der Waals surface area contributed by atoms with Gasteiger partial charge in [-0.2, -0.15) is 43.9 Å². The second kappa shape index (κ2) is 6.05. The van der Waals surface area contributed by atoms with Crippen LogP contribution in [0.5, 0.6) is 0 Å². The van der Waals surface area contributed by atoms with E-state index in [-0.39, 0.29) is 57.5 Å². The first-order valence-corrected chi connectivity index (χ1v) is 6.67. The minimum absolute atomic E-state index is 0. The minimum atomic E-state index is -7.37. The van der Waals surface area contributed by atoms with Gasteiger partial charge in [0, 0.05) is 0 Å². The number of hydrogen-bond acceptors (Lipinski definition) is 3. The van der Waals surface area contributed by atoms with E-state index in [4.69, 9.17) is 0 Å². The van der Waals surface area contributed by atoms with E-state index in [0.29, 0.717) is 0 Å². The molecule has 1 aliphatic carbocycles. The molecule has 136 valence electrons. The molecule has 0 aromatic heterocycles. The summed E-state index contributed by atoms with van der Waals surface area (Å²) < 4.78 is 160. The fourth-order valence-electron chi connectivity index (χ4n) is 2.17. The van der Waals surface area contributed by atoms with Gasteiger partial charge in [0.25, 0.3) is 0 Å². The summed E-state index contributed by atoms with van der Waals surface area (Å²) in [5.41, 5.74) is 0. The SMILES string of the molecule is C=CCC1(S(=O)(=O)[O-])C(F)(F)C(F)(F)C(F)(F)C(F)(F)C1(F)F.[K+]. The Hall–Kier alpha value is 0.586. The van der Waals surface area contributed by atoms with E-state index in [1.54, 1.807) is 0 Å². The van der Waals surface area contributed by atoms with Crippen molar-refractivity contribution in [2.75, 3.05) is 0 Å². The molecule has 1 aliphatic rings. The maximum atomic E-state index is 13.6. The number of alkyl halides is 10. The predicted octanol–water partition coefficient (Wildman–Crippen LogP) is 0.0406. The molecule has 0 unspecified atom stereocenters. The molecule has 0 aromatic rings. The largest absolute Gasteiger partial charge is 1.00 e. The van der Waals surface area contributed by atoms with E-state index in [2.05, 4.69) is 6.58 Å². The van der Waals surface area contributed by atoms with Gasteiger partial charge in [0.05, 0.1) is 0 Å². The normalized spacial score (nSPS) is 28.5. The first kappa shape index (κ1) is 24.6. The first-order valence-electron chi connectivity index (χ1n) is 5.26. The van der Waals surface area contributed by atoms with Gasteiger partial charge < -0.3 is 4.55 Å². The summed E-state index contributed by atoms with van der Waals surface area (Å²) in [7, 11) is -7.37. The average Bonchev–Trinajstić information content (AvgIpc) is 2.31. The summed E-state index contributed by atoms with van der Waals surface area (Å²) in [6.07, 6.45) is -2.90. The molecule has 0 radical (unpaired) electrons. The molecule has 0 bridgehead atoms. The van der Waals surface area contributed by atoms with Crippen molar-refractivity contribution in [3.05, 3.63) is 12.7 Å². The Morgan fingerprint density at radius 2 is 1.00 bits per heavy atom. The van der Waals surface area contributed by atoms with Crippen LogP contribution >= 0.6 is 0 Å². The van der Waals surface area contributed by atoms with Crippen LogP contribution < -0.4 is 51.4 Å². The van der Waals surface area contributed by atoms with Gasteiger partial charge in [-0.1, -0.05) is 6.08 Å². The van der Waals surface area contributed by atoms with Crippen molar-refractivity contribution in [1.29, 1.82) is 0 Å². The summed E-state index contributed by atoms with van der Waals surface area (Å²) >= 11 is 0. The minimum Gasteiger partial charge on any atom is -0.747 e. The van der Waals surface area contributed by atoms with Crippen molar-refractivity contribution in [3.8, 4) is 0 Å². The van der Waals surface area contributed by atoms with Gasteiger partial charge in [0.15, 0.2) is 0 Å². The van der Waals surface area contributed by atoms with Gasteiger partial charge in [-0.15, -0.1) is 6.58 Å². The molecule has 0 N–H and O–H groups in total. The van der Waals surface area contributed by atoms with Crippen LogP contribution in [-0.4, -0.2) is 47.3 Å². The zero-order valence-corrected chi connectivity index (χ0v) is 15.3. The molecule has 0 heterocycles. The van der Waals surface area contributed by atoms with Crippen LogP contribution in [0.3, 0.4) is 0 Å². The van der Waals surface area contributed by atoms with Gasteiger partial charge in [0.1, 0.15) is 10.1 Å². The van der Waals surface area contributed by atoms with Gasteiger partial charge in [-0.05, 0) is 6.42 Å². The molecule has 1 fully saturated rings. The molecule has 0 atom stereocenters. The van der Waals surface area contributed by atoms with Crippen LogP contribution in [0.15, 0.2) is 12.7 Å². The zero-order valence-electron chi connectivity index (χ0n) is 11.4. The van der Waals surface area contributed by atoms with Gasteiger partial charge in [-0.25, -0.2) is 8.42 Å². The molecule has 0 spiro atoms. The summed E-state index contributed by atoms with van der Waals surface area (Å²) in [5, 5.41) is 0. The second-order valence-electron chi connectivity index (χ2n) is 4.65. The maximum absolute atomic E-state index is 13.6. The summed E-state index contributed by atoms with van der Waals surface area (Å²) in [6.45, 7) is 2.43. The summed E-state index contributed by atoms with van der Waals surface area (Å²) in [6, 6.07) is 0. The third kappa shape index (κ3) is 2.30. The monoisotopic (exact) mass is 422 g/mol. The second-order valence-corrected chi connectivity index (χ2v) is 6.25. The van der Waals surface area contributed by atoms with E-state index in [1.807, 2.05) is 0 Å². The van der Waals surface area contributed by atoms with E-state index in [1.165, 1.54) is 0 Å². The summed E-state index contributed by atoms with van der Waals surface area (Å²) in [5.74, 6) is -36.0. The molecular weight excluding hydrogens is 417 g/mol. The number of rotatable bonds is 3. The molecule has 0 aliphatic heterocycles. The molecule has 0 amide bonds. The quantitative estimate of drug-likeness (QED) is 0.280. The number of hydrogen-bond donors (Lipinski definition) is 0. The third-order valence-electron chi connectivity index (χ3n) is 3.45. The average molecular weight is 422 g/mol. The van der Waals surface area contributed by atoms with Crippen LogP contribution in [0, 0.1) is 0 Å².